The van der Waals surface area contributed by atoms with Gasteiger partial charge < -0.3 is 15.0 Å². The zero-order chi connectivity index (χ0) is 13.5. The molecule has 0 atom stereocenters. The summed E-state index contributed by atoms with van der Waals surface area (Å²) in [5.41, 5.74) is 2.80. The van der Waals surface area contributed by atoms with E-state index in [-0.39, 0.29) is 0 Å². The van der Waals surface area contributed by atoms with Crippen LogP contribution in [-0.2, 0) is 12.8 Å². The summed E-state index contributed by atoms with van der Waals surface area (Å²) in [6.07, 6.45) is 4.72. The van der Waals surface area contributed by atoms with Gasteiger partial charge in [0.05, 0.1) is 6.61 Å². The van der Waals surface area contributed by atoms with E-state index in [4.69, 9.17) is 4.74 Å². The summed E-state index contributed by atoms with van der Waals surface area (Å²) in [4.78, 5) is 2.24. The molecule has 0 bridgehead atoms. The molecule has 0 aromatic heterocycles. The number of hydrogen-bond donors (Lipinski definition) is 1. The van der Waals surface area contributed by atoms with Gasteiger partial charge in [-0.2, -0.15) is 0 Å². The minimum absolute atomic E-state index is 0.850. The number of nitrogens with one attached hydrogen (secondary N) is 1. The second kappa shape index (κ2) is 7.51. The van der Waals surface area contributed by atoms with E-state index in [0.29, 0.717) is 0 Å². The lowest BCUT2D eigenvalue weighted by molar-refractivity contribution is 0.357. The Hall–Kier alpha value is -1.06. The van der Waals surface area contributed by atoms with Crippen LogP contribution in [0.25, 0.3) is 0 Å². The highest BCUT2D eigenvalue weighted by Crippen LogP contribution is 2.25. The topological polar surface area (TPSA) is 24.5 Å². The maximum atomic E-state index is 5.52. The van der Waals surface area contributed by atoms with E-state index in [2.05, 4.69) is 42.5 Å². The first-order valence-electron chi connectivity index (χ1n) is 7.36. The smallest absolute Gasteiger partial charge is 0.122 e. The van der Waals surface area contributed by atoms with E-state index in [0.717, 1.165) is 38.3 Å². The second-order valence-electron chi connectivity index (χ2n) is 5.55. The summed E-state index contributed by atoms with van der Waals surface area (Å²) in [5.74, 6) is 1.08. The third-order valence-electron chi connectivity index (χ3n) is 3.55. The molecule has 0 fully saturated rings. The van der Waals surface area contributed by atoms with Gasteiger partial charge in [0.2, 0.25) is 0 Å². The van der Waals surface area contributed by atoms with Crippen molar-refractivity contribution in [1.29, 1.82) is 0 Å². The molecule has 2 rings (SSSR count). The number of nitrogens with zero attached hydrogens (tertiary/aromatic N) is 1. The minimum atomic E-state index is 0.850. The fraction of sp³-hybridized carbons (Fsp3) is 0.625. The summed E-state index contributed by atoms with van der Waals surface area (Å²) in [5, 5.41) is 3.53. The van der Waals surface area contributed by atoms with E-state index in [1.807, 2.05) is 0 Å². The largest absolute Gasteiger partial charge is 0.493 e. The molecule has 1 aromatic carbocycles. The molecule has 0 unspecified atom stereocenters. The van der Waals surface area contributed by atoms with Crippen molar-refractivity contribution < 1.29 is 4.74 Å². The average Bonchev–Trinajstić information content (AvgIpc) is 2.84. The Balaban J connectivity index is 1.58. The van der Waals surface area contributed by atoms with E-state index in [1.54, 1.807) is 0 Å². The van der Waals surface area contributed by atoms with Crippen LogP contribution in [0.1, 0.15) is 24.0 Å². The van der Waals surface area contributed by atoms with Crippen molar-refractivity contribution in [3.05, 3.63) is 29.3 Å². The van der Waals surface area contributed by atoms with Crippen LogP contribution >= 0.6 is 0 Å². The van der Waals surface area contributed by atoms with Crippen molar-refractivity contribution in [3.8, 4) is 5.75 Å². The predicted octanol–water partition coefficient (Wildman–Crippen LogP) is 2.10. The van der Waals surface area contributed by atoms with Gasteiger partial charge in [-0.15, -0.1) is 0 Å². The molecule has 1 N–H and O–H groups in total. The molecule has 0 spiro atoms. The van der Waals surface area contributed by atoms with Crippen molar-refractivity contribution in [2.45, 2.75) is 25.7 Å². The minimum Gasteiger partial charge on any atom is -0.493 e. The molecular weight excluding hydrogens is 236 g/mol. The van der Waals surface area contributed by atoms with Crippen molar-refractivity contribution in [3.63, 3.8) is 0 Å². The Morgan fingerprint density at radius 2 is 2.11 bits per heavy atom. The molecule has 19 heavy (non-hydrogen) atoms. The fourth-order valence-electron chi connectivity index (χ4n) is 2.43. The lowest BCUT2D eigenvalue weighted by atomic mass is 10.1. The van der Waals surface area contributed by atoms with Crippen LogP contribution in [0.15, 0.2) is 18.2 Å². The van der Waals surface area contributed by atoms with Crippen molar-refractivity contribution in [1.82, 2.24) is 10.2 Å². The van der Waals surface area contributed by atoms with Crippen LogP contribution in [0.2, 0.25) is 0 Å². The number of ether oxygens (including phenoxy) is 1. The van der Waals surface area contributed by atoms with Crippen molar-refractivity contribution in [2.75, 3.05) is 40.3 Å². The summed E-state index contributed by atoms with van der Waals surface area (Å²) >= 11 is 0. The molecular formula is C16H26N2O. The van der Waals surface area contributed by atoms with Crippen molar-refractivity contribution >= 4 is 0 Å². The molecule has 0 aliphatic carbocycles. The van der Waals surface area contributed by atoms with Gasteiger partial charge >= 0.3 is 0 Å². The quantitative estimate of drug-likeness (QED) is 0.726. The molecule has 106 valence electrons. The molecule has 0 saturated heterocycles. The number of hydrogen-bond acceptors (Lipinski definition) is 3. The highest BCUT2D eigenvalue weighted by molar-refractivity contribution is 5.39. The van der Waals surface area contributed by atoms with E-state index >= 15 is 0 Å². The first-order valence-corrected chi connectivity index (χ1v) is 7.36. The third-order valence-corrected chi connectivity index (χ3v) is 3.55. The van der Waals surface area contributed by atoms with E-state index in [1.165, 1.54) is 30.5 Å². The summed E-state index contributed by atoms with van der Waals surface area (Å²) in [6.45, 7) is 4.24. The van der Waals surface area contributed by atoms with Crippen LogP contribution in [0.5, 0.6) is 5.75 Å². The summed E-state index contributed by atoms with van der Waals surface area (Å²) in [6, 6.07) is 6.61. The normalized spacial score (nSPS) is 13.6. The molecule has 0 saturated carbocycles. The molecule has 3 heteroatoms. The first-order chi connectivity index (χ1) is 9.25. The van der Waals surface area contributed by atoms with Gasteiger partial charge in [-0.3, -0.25) is 0 Å². The van der Waals surface area contributed by atoms with Crippen LogP contribution in [0.4, 0.5) is 0 Å². The molecule has 3 nitrogen and oxygen atoms in total. The lowest BCUT2D eigenvalue weighted by Gasteiger charge is -2.09. The van der Waals surface area contributed by atoms with Crippen LogP contribution in [-0.4, -0.2) is 45.2 Å². The number of rotatable bonds is 8. The maximum absolute atomic E-state index is 5.52. The molecule has 0 radical (unpaired) electrons. The average molecular weight is 262 g/mol. The molecule has 0 amide bonds. The Labute approximate surface area is 116 Å². The fourth-order valence-corrected chi connectivity index (χ4v) is 2.43. The Morgan fingerprint density at radius 3 is 2.95 bits per heavy atom. The first kappa shape index (κ1) is 14.4. The van der Waals surface area contributed by atoms with E-state index < -0.39 is 0 Å². The van der Waals surface area contributed by atoms with Crippen LogP contribution < -0.4 is 10.1 Å². The van der Waals surface area contributed by atoms with Gasteiger partial charge in [-0.25, -0.2) is 0 Å². The predicted molar refractivity (Wildman–Crippen MR) is 80.0 cm³/mol. The zero-order valence-corrected chi connectivity index (χ0v) is 12.2. The Kier molecular flexibility index (Phi) is 5.67. The van der Waals surface area contributed by atoms with Gasteiger partial charge in [0.15, 0.2) is 0 Å². The molecule has 1 heterocycles. The van der Waals surface area contributed by atoms with Gasteiger partial charge in [0.25, 0.3) is 0 Å². The van der Waals surface area contributed by atoms with Gasteiger partial charge in [0.1, 0.15) is 5.75 Å². The molecule has 1 aromatic rings. The SMILES string of the molecule is CN(C)CCCCNCCc1ccc2c(c1)CCO2. The summed E-state index contributed by atoms with van der Waals surface area (Å²) in [7, 11) is 4.26. The molecule has 1 aliphatic heterocycles. The second-order valence-corrected chi connectivity index (χ2v) is 5.55. The van der Waals surface area contributed by atoms with Crippen LogP contribution in [0, 0.1) is 0 Å². The Bertz CT molecular complexity index is 390. The number of fused-ring (bicyclic) bond motifs is 1. The lowest BCUT2D eigenvalue weighted by Crippen LogP contribution is -2.20. The van der Waals surface area contributed by atoms with Crippen LogP contribution in [0.3, 0.4) is 0 Å². The summed E-state index contributed by atoms with van der Waals surface area (Å²) < 4.78 is 5.52. The van der Waals surface area contributed by atoms with Gasteiger partial charge in [-0.05, 0) is 70.2 Å². The standard InChI is InChI=1S/C16H26N2O/c1-18(2)11-4-3-9-17-10-7-14-5-6-16-15(13-14)8-12-19-16/h5-6,13,17H,3-4,7-12H2,1-2H3. The molecule has 1 aliphatic rings. The zero-order valence-electron chi connectivity index (χ0n) is 12.2. The number of benzene rings is 1. The highest BCUT2D eigenvalue weighted by Gasteiger charge is 2.11. The Morgan fingerprint density at radius 1 is 1.21 bits per heavy atom. The number of unbranched alkanes of at least 4 members (excludes halogenated alkanes) is 1. The van der Waals surface area contributed by atoms with Gasteiger partial charge in [-0.1, -0.05) is 12.1 Å². The maximum Gasteiger partial charge on any atom is 0.122 e. The van der Waals surface area contributed by atoms with Gasteiger partial charge in [0, 0.05) is 6.42 Å². The third kappa shape index (κ3) is 4.84. The highest BCUT2D eigenvalue weighted by atomic mass is 16.5. The van der Waals surface area contributed by atoms with E-state index in [9.17, 15) is 0 Å². The monoisotopic (exact) mass is 262 g/mol. The van der Waals surface area contributed by atoms with Crippen molar-refractivity contribution in [2.24, 2.45) is 0 Å².